The van der Waals surface area contributed by atoms with Crippen LogP contribution in [0, 0.1) is 13.8 Å². The summed E-state index contributed by atoms with van der Waals surface area (Å²) in [5, 5.41) is 7.94. The molecular weight excluding hydrogens is 406 g/mol. The number of nitrogen functional groups attached to an aromatic ring is 1. The van der Waals surface area contributed by atoms with Gasteiger partial charge in [-0.3, -0.25) is 9.59 Å². The molecule has 4 aromatic rings. The Morgan fingerprint density at radius 3 is 2.66 bits per heavy atom. The Labute approximate surface area is 184 Å². The number of nitrogens with two attached hydrogens (primary N) is 1. The predicted molar refractivity (Wildman–Crippen MR) is 123 cm³/mol. The van der Waals surface area contributed by atoms with Gasteiger partial charge in [0.2, 0.25) is 0 Å². The lowest BCUT2D eigenvalue weighted by atomic mass is 10.1. The molecule has 0 aliphatic heterocycles. The van der Waals surface area contributed by atoms with Crippen LogP contribution in [0.4, 0.5) is 5.82 Å². The van der Waals surface area contributed by atoms with Crippen molar-refractivity contribution in [1.82, 2.24) is 30.0 Å². The predicted octanol–water partition coefficient (Wildman–Crippen LogP) is 2.89. The van der Waals surface area contributed by atoms with E-state index in [0.717, 1.165) is 16.8 Å². The molecule has 164 valence electrons. The molecule has 0 aliphatic carbocycles. The molecule has 9 nitrogen and oxygen atoms in total. The number of pyridine rings is 3. The van der Waals surface area contributed by atoms with E-state index in [1.165, 1.54) is 0 Å². The first-order valence-electron chi connectivity index (χ1n) is 10.3. The van der Waals surface area contributed by atoms with Crippen LogP contribution in [0.15, 0.2) is 41.5 Å². The topological polar surface area (TPSA) is 132 Å². The molecule has 4 aromatic heterocycles. The van der Waals surface area contributed by atoms with Gasteiger partial charge in [0.25, 0.3) is 11.5 Å². The number of hydrogen-bond donors (Lipinski definition) is 3. The maximum Gasteiger partial charge on any atom is 0.253 e. The van der Waals surface area contributed by atoms with Crippen molar-refractivity contribution in [2.24, 2.45) is 0 Å². The first kappa shape index (κ1) is 21.2. The summed E-state index contributed by atoms with van der Waals surface area (Å²) in [4.78, 5) is 37.2. The molecule has 0 radical (unpaired) electrons. The molecule has 1 amide bonds. The Bertz CT molecular complexity index is 1370. The van der Waals surface area contributed by atoms with Crippen molar-refractivity contribution in [1.29, 1.82) is 0 Å². The van der Waals surface area contributed by atoms with Crippen LogP contribution in [0.25, 0.3) is 22.3 Å². The SMILES string of the molecule is Cc1cc(C)c(CNC(=O)c2cc(-c3ccc(N)nc3)nc3c2cnn3C(C)C)c(=O)[nH]1. The molecule has 0 saturated carbocycles. The molecule has 0 unspecified atom stereocenters. The monoisotopic (exact) mass is 431 g/mol. The third-order valence-electron chi connectivity index (χ3n) is 5.30. The normalized spacial score (nSPS) is 11.3. The molecule has 0 aromatic carbocycles. The number of hydrogen-bond acceptors (Lipinski definition) is 6. The lowest BCUT2D eigenvalue weighted by Gasteiger charge is -2.12. The number of H-pyrrole nitrogens is 1. The minimum absolute atomic E-state index is 0.0597. The van der Waals surface area contributed by atoms with Gasteiger partial charge < -0.3 is 16.0 Å². The summed E-state index contributed by atoms with van der Waals surface area (Å²) >= 11 is 0. The first-order valence-corrected chi connectivity index (χ1v) is 10.3. The van der Waals surface area contributed by atoms with Gasteiger partial charge in [-0.1, -0.05) is 0 Å². The maximum atomic E-state index is 13.2. The Kier molecular flexibility index (Phi) is 5.48. The molecule has 0 aliphatic rings. The van der Waals surface area contributed by atoms with Gasteiger partial charge in [0.05, 0.1) is 22.8 Å². The van der Waals surface area contributed by atoms with E-state index in [-0.39, 0.29) is 24.1 Å². The third kappa shape index (κ3) is 3.96. The highest BCUT2D eigenvalue weighted by atomic mass is 16.1. The van der Waals surface area contributed by atoms with E-state index in [2.05, 4.69) is 20.4 Å². The molecule has 4 heterocycles. The van der Waals surface area contributed by atoms with Gasteiger partial charge in [-0.05, 0) is 57.5 Å². The van der Waals surface area contributed by atoms with Gasteiger partial charge in [-0.2, -0.15) is 5.10 Å². The van der Waals surface area contributed by atoms with Crippen molar-refractivity contribution >= 4 is 22.8 Å². The van der Waals surface area contributed by atoms with Crippen molar-refractivity contribution in [3.05, 3.63) is 69.4 Å². The molecule has 4 rings (SSSR count). The Morgan fingerprint density at radius 1 is 1.22 bits per heavy atom. The first-order chi connectivity index (χ1) is 15.2. The van der Waals surface area contributed by atoms with E-state index < -0.39 is 0 Å². The standard InChI is InChI=1S/C23H25N7O2/c1-12(2)30-21-18(11-27-30)16(8-19(29-21)15-5-6-20(24)25-9-15)22(31)26-10-17-13(3)7-14(4)28-23(17)32/h5-9,11-12H,10H2,1-4H3,(H2,24,25)(H,26,31)(H,28,32). The molecular formula is C23H25N7O2. The van der Waals surface area contributed by atoms with Gasteiger partial charge in [-0.25, -0.2) is 14.6 Å². The van der Waals surface area contributed by atoms with E-state index in [1.807, 2.05) is 39.8 Å². The number of nitrogens with one attached hydrogen (secondary N) is 2. The lowest BCUT2D eigenvalue weighted by molar-refractivity contribution is 0.0952. The van der Waals surface area contributed by atoms with Gasteiger partial charge >= 0.3 is 0 Å². The number of fused-ring (bicyclic) bond motifs is 1. The average Bonchev–Trinajstić information content (AvgIpc) is 3.17. The van der Waals surface area contributed by atoms with Gasteiger partial charge in [0, 0.05) is 35.6 Å². The number of amides is 1. The zero-order chi connectivity index (χ0) is 23.0. The molecule has 32 heavy (non-hydrogen) atoms. The fraction of sp³-hybridized carbons (Fsp3) is 0.261. The quantitative estimate of drug-likeness (QED) is 0.445. The number of aromatic amines is 1. The van der Waals surface area contributed by atoms with Crippen LogP contribution in [-0.2, 0) is 6.54 Å². The van der Waals surface area contributed by atoms with Crippen LogP contribution in [0.3, 0.4) is 0 Å². The molecule has 9 heteroatoms. The van der Waals surface area contributed by atoms with Crippen molar-refractivity contribution in [2.75, 3.05) is 5.73 Å². The van der Waals surface area contributed by atoms with E-state index >= 15 is 0 Å². The van der Waals surface area contributed by atoms with Crippen molar-refractivity contribution < 1.29 is 4.79 Å². The van der Waals surface area contributed by atoms with Crippen molar-refractivity contribution in [3.63, 3.8) is 0 Å². The highest BCUT2D eigenvalue weighted by Crippen LogP contribution is 2.26. The summed E-state index contributed by atoms with van der Waals surface area (Å²) in [6, 6.07) is 7.15. The summed E-state index contributed by atoms with van der Waals surface area (Å²) in [6.07, 6.45) is 3.27. The molecule has 4 N–H and O–H groups in total. The number of carbonyl (C=O) groups is 1. The van der Waals surface area contributed by atoms with Crippen LogP contribution in [-0.4, -0.2) is 30.6 Å². The molecule has 0 bridgehead atoms. The number of rotatable bonds is 5. The van der Waals surface area contributed by atoms with Crippen LogP contribution < -0.4 is 16.6 Å². The van der Waals surface area contributed by atoms with Gasteiger partial charge in [0.1, 0.15) is 5.82 Å². The number of carbonyl (C=O) groups excluding carboxylic acids is 1. The lowest BCUT2D eigenvalue weighted by Crippen LogP contribution is -2.28. The highest BCUT2D eigenvalue weighted by Gasteiger charge is 2.19. The van der Waals surface area contributed by atoms with E-state index in [0.29, 0.717) is 33.7 Å². The summed E-state index contributed by atoms with van der Waals surface area (Å²) in [7, 11) is 0. The Morgan fingerprint density at radius 2 is 2.00 bits per heavy atom. The zero-order valence-corrected chi connectivity index (χ0v) is 18.4. The third-order valence-corrected chi connectivity index (χ3v) is 5.30. The van der Waals surface area contributed by atoms with Crippen molar-refractivity contribution in [2.45, 2.75) is 40.3 Å². The second-order valence-corrected chi connectivity index (χ2v) is 8.07. The smallest absolute Gasteiger partial charge is 0.253 e. The van der Waals surface area contributed by atoms with E-state index in [1.54, 1.807) is 29.2 Å². The molecule has 0 saturated heterocycles. The second kappa shape index (κ2) is 8.26. The average molecular weight is 432 g/mol. The zero-order valence-electron chi connectivity index (χ0n) is 18.4. The van der Waals surface area contributed by atoms with Crippen molar-refractivity contribution in [3.8, 4) is 11.3 Å². The number of nitrogens with zero attached hydrogens (tertiary/aromatic N) is 4. The molecule has 0 fully saturated rings. The fourth-order valence-electron chi connectivity index (χ4n) is 3.65. The van der Waals surface area contributed by atoms with Crippen LogP contribution in [0.5, 0.6) is 0 Å². The van der Waals surface area contributed by atoms with Crippen LogP contribution in [0.2, 0.25) is 0 Å². The van der Waals surface area contributed by atoms with Crippen LogP contribution in [0.1, 0.15) is 47.1 Å². The van der Waals surface area contributed by atoms with E-state index in [4.69, 9.17) is 10.7 Å². The highest BCUT2D eigenvalue weighted by molar-refractivity contribution is 6.06. The number of aryl methyl sites for hydroxylation is 2. The van der Waals surface area contributed by atoms with Gasteiger partial charge in [0.15, 0.2) is 5.65 Å². The minimum Gasteiger partial charge on any atom is -0.384 e. The Hall–Kier alpha value is -4.01. The molecule has 0 spiro atoms. The number of aromatic nitrogens is 5. The Balaban J connectivity index is 1.76. The second-order valence-electron chi connectivity index (χ2n) is 8.07. The van der Waals surface area contributed by atoms with Crippen LogP contribution >= 0.6 is 0 Å². The fourth-order valence-corrected chi connectivity index (χ4v) is 3.65. The summed E-state index contributed by atoms with van der Waals surface area (Å²) < 4.78 is 1.77. The summed E-state index contributed by atoms with van der Waals surface area (Å²) in [5.74, 6) is 0.0865. The molecule has 0 atom stereocenters. The van der Waals surface area contributed by atoms with E-state index in [9.17, 15) is 9.59 Å². The minimum atomic E-state index is -0.315. The largest absolute Gasteiger partial charge is 0.384 e. The summed E-state index contributed by atoms with van der Waals surface area (Å²) in [5.41, 5.74) is 9.98. The van der Waals surface area contributed by atoms with Gasteiger partial charge in [-0.15, -0.1) is 0 Å². The maximum absolute atomic E-state index is 13.2. The number of anilines is 1. The summed E-state index contributed by atoms with van der Waals surface area (Å²) in [6.45, 7) is 7.79.